The zero-order valence-electron chi connectivity index (χ0n) is 9.89. The quantitative estimate of drug-likeness (QED) is 0.691. The smallest absolute Gasteiger partial charge is 0.0791 e. The zero-order valence-corrected chi connectivity index (χ0v) is 9.89. The van der Waals surface area contributed by atoms with Crippen LogP contribution in [-0.4, -0.2) is 7.11 Å². The number of ether oxygens (including phenoxy) is 1. The average Bonchev–Trinajstić information content (AvgIpc) is 2.35. The SMILES string of the molecule is CC[C@@H]1C=Cc2ccccc2[C@H]1/C=C/OC. The van der Waals surface area contributed by atoms with Crippen molar-refractivity contribution < 1.29 is 4.74 Å². The van der Waals surface area contributed by atoms with E-state index >= 15 is 0 Å². The Morgan fingerprint density at radius 3 is 2.88 bits per heavy atom. The molecule has 1 aliphatic rings. The summed E-state index contributed by atoms with van der Waals surface area (Å²) >= 11 is 0. The molecule has 2 atom stereocenters. The molecule has 0 heterocycles. The second kappa shape index (κ2) is 5.02. The lowest BCUT2D eigenvalue weighted by Crippen LogP contribution is -2.12. The van der Waals surface area contributed by atoms with E-state index in [1.54, 1.807) is 13.4 Å². The van der Waals surface area contributed by atoms with Crippen LogP contribution < -0.4 is 0 Å². The highest BCUT2D eigenvalue weighted by atomic mass is 16.5. The normalized spacial score (nSPS) is 23.4. The Labute approximate surface area is 97.4 Å². The molecule has 0 unspecified atom stereocenters. The standard InChI is InChI=1S/C15H18O/c1-3-12-8-9-13-6-4-5-7-14(13)15(12)10-11-16-2/h4-12,15H,3H2,1-2H3/b11-10+/t12-,15+/m1/s1. The number of allylic oxidation sites excluding steroid dienone is 2. The maximum atomic E-state index is 5.05. The van der Waals surface area contributed by atoms with Crippen LogP contribution in [0.3, 0.4) is 0 Å². The molecule has 0 bridgehead atoms. The highest BCUT2D eigenvalue weighted by Crippen LogP contribution is 2.36. The van der Waals surface area contributed by atoms with E-state index in [1.807, 2.05) is 0 Å². The molecule has 0 radical (unpaired) electrons. The van der Waals surface area contributed by atoms with E-state index in [4.69, 9.17) is 4.74 Å². The molecule has 1 aromatic rings. The number of benzene rings is 1. The minimum Gasteiger partial charge on any atom is -0.505 e. The minimum absolute atomic E-state index is 0.450. The molecule has 1 aromatic carbocycles. The average molecular weight is 214 g/mol. The lowest BCUT2D eigenvalue weighted by atomic mass is 9.78. The van der Waals surface area contributed by atoms with Crippen molar-refractivity contribution in [2.45, 2.75) is 19.3 Å². The number of hydrogen-bond acceptors (Lipinski definition) is 1. The van der Waals surface area contributed by atoms with Crippen molar-refractivity contribution >= 4 is 6.08 Å². The van der Waals surface area contributed by atoms with Crippen molar-refractivity contribution in [2.24, 2.45) is 5.92 Å². The van der Waals surface area contributed by atoms with E-state index in [2.05, 4.69) is 49.4 Å². The minimum atomic E-state index is 0.450. The Hall–Kier alpha value is -1.50. The summed E-state index contributed by atoms with van der Waals surface area (Å²) in [4.78, 5) is 0. The molecule has 1 nitrogen and oxygen atoms in total. The Morgan fingerprint density at radius 2 is 2.12 bits per heavy atom. The molecule has 0 saturated heterocycles. The third kappa shape index (κ3) is 2.04. The molecular formula is C15H18O. The largest absolute Gasteiger partial charge is 0.505 e. The summed E-state index contributed by atoms with van der Waals surface area (Å²) in [6.07, 6.45) is 9.66. The van der Waals surface area contributed by atoms with Gasteiger partial charge in [0.15, 0.2) is 0 Å². The predicted octanol–water partition coefficient (Wildman–Crippen LogP) is 3.98. The molecule has 1 heteroatoms. The fourth-order valence-corrected chi connectivity index (χ4v) is 2.34. The molecule has 0 spiro atoms. The zero-order chi connectivity index (χ0) is 11.4. The van der Waals surface area contributed by atoms with E-state index in [0.717, 1.165) is 6.42 Å². The van der Waals surface area contributed by atoms with Gasteiger partial charge in [0, 0.05) is 5.92 Å². The highest BCUT2D eigenvalue weighted by molar-refractivity contribution is 5.59. The Kier molecular flexibility index (Phi) is 3.45. The second-order valence-corrected chi connectivity index (χ2v) is 4.15. The molecule has 2 rings (SSSR count). The van der Waals surface area contributed by atoms with Crippen LogP contribution in [0, 0.1) is 5.92 Å². The maximum Gasteiger partial charge on any atom is 0.0791 e. The van der Waals surface area contributed by atoms with Gasteiger partial charge in [-0.25, -0.2) is 0 Å². The van der Waals surface area contributed by atoms with Crippen molar-refractivity contribution in [2.75, 3.05) is 7.11 Å². The molecule has 0 amide bonds. The fraction of sp³-hybridized carbons (Fsp3) is 0.333. The second-order valence-electron chi connectivity index (χ2n) is 4.15. The molecule has 0 aromatic heterocycles. The van der Waals surface area contributed by atoms with Gasteiger partial charge in [0.25, 0.3) is 0 Å². The Balaban J connectivity index is 2.37. The molecule has 0 N–H and O–H groups in total. The van der Waals surface area contributed by atoms with Gasteiger partial charge >= 0.3 is 0 Å². The van der Waals surface area contributed by atoms with Crippen LogP contribution >= 0.6 is 0 Å². The Morgan fingerprint density at radius 1 is 1.31 bits per heavy atom. The van der Waals surface area contributed by atoms with Crippen molar-refractivity contribution in [3.63, 3.8) is 0 Å². The van der Waals surface area contributed by atoms with Crippen molar-refractivity contribution in [1.29, 1.82) is 0 Å². The van der Waals surface area contributed by atoms with E-state index < -0.39 is 0 Å². The van der Waals surface area contributed by atoms with Gasteiger partial charge < -0.3 is 4.74 Å². The first-order valence-electron chi connectivity index (χ1n) is 5.83. The molecule has 0 fully saturated rings. The number of methoxy groups -OCH3 is 1. The van der Waals surface area contributed by atoms with Gasteiger partial charge in [0.2, 0.25) is 0 Å². The van der Waals surface area contributed by atoms with Crippen molar-refractivity contribution in [3.8, 4) is 0 Å². The van der Waals surface area contributed by atoms with Crippen LogP contribution in [0.1, 0.15) is 30.4 Å². The Bertz CT molecular complexity index is 404. The summed E-state index contributed by atoms with van der Waals surface area (Å²) in [6.45, 7) is 2.23. The lowest BCUT2D eigenvalue weighted by molar-refractivity contribution is 0.333. The first kappa shape index (κ1) is 11.0. The number of rotatable bonds is 3. The fourth-order valence-electron chi connectivity index (χ4n) is 2.34. The van der Waals surface area contributed by atoms with Crippen LogP contribution in [0.25, 0.3) is 6.08 Å². The van der Waals surface area contributed by atoms with E-state index in [-0.39, 0.29) is 0 Å². The maximum absolute atomic E-state index is 5.05. The third-order valence-corrected chi connectivity index (χ3v) is 3.23. The summed E-state index contributed by atoms with van der Waals surface area (Å²) in [5, 5.41) is 0. The third-order valence-electron chi connectivity index (χ3n) is 3.23. The first-order valence-corrected chi connectivity index (χ1v) is 5.83. The monoisotopic (exact) mass is 214 g/mol. The van der Waals surface area contributed by atoms with Gasteiger partial charge in [-0.15, -0.1) is 0 Å². The summed E-state index contributed by atoms with van der Waals surface area (Å²) in [5.74, 6) is 1.03. The van der Waals surface area contributed by atoms with Gasteiger partial charge in [-0.1, -0.05) is 43.3 Å². The van der Waals surface area contributed by atoms with Gasteiger partial charge in [0.05, 0.1) is 13.4 Å². The highest BCUT2D eigenvalue weighted by Gasteiger charge is 2.22. The molecule has 0 aliphatic heterocycles. The summed E-state index contributed by atoms with van der Waals surface area (Å²) < 4.78 is 5.05. The van der Waals surface area contributed by atoms with Gasteiger partial charge in [-0.2, -0.15) is 0 Å². The summed E-state index contributed by atoms with van der Waals surface area (Å²) in [7, 11) is 1.70. The summed E-state index contributed by atoms with van der Waals surface area (Å²) in [6, 6.07) is 8.59. The molecule has 84 valence electrons. The number of hydrogen-bond donors (Lipinski definition) is 0. The van der Waals surface area contributed by atoms with Crippen molar-refractivity contribution in [3.05, 3.63) is 53.8 Å². The van der Waals surface area contributed by atoms with Crippen molar-refractivity contribution in [1.82, 2.24) is 0 Å². The molecular weight excluding hydrogens is 196 g/mol. The topological polar surface area (TPSA) is 9.23 Å². The van der Waals surface area contributed by atoms with Gasteiger partial charge in [0.1, 0.15) is 0 Å². The van der Waals surface area contributed by atoms with Crippen LogP contribution in [0.4, 0.5) is 0 Å². The van der Waals surface area contributed by atoms with Gasteiger partial charge in [-0.3, -0.25) is 0 Å². The molecule has 0 saturated carbocycles. The van der Waals surface area contributed by atoms with Crippen LogP contribution in [0.5, 0.6) is 0 Å². The lowest BCUT2D eigenvalue weighted by Gasteiger charge is -2.26. The molecule has 1 aliphatic carbocycles. The summed E-state index contributed by atoms with van der Waals surface area (Å²) in [5.41, 5.74) is 2.74. The van der Waals surface area contributed by atoms with E-state index in [0.29, 0.717) is 11.8 Å². The number of fused-ring (bicyclic) bond motifs is 1. The first-order chi connectivity index (χ1) is 7.86. The van der Waals surface area contributed by atoms with Crippen LogP contribution in [0.15, 0.2) is 42.7 Å². The van der Waals surface area contributed by atoms with E-state index in [9.17, 15) is 0 Å². The van der Waals surface area contributed by atoms with E-state index in [1.165, 1.54) is 11.1 Å². The molecule has 16 heavy (non-hydrogen) atoms. The van der Waals surface area contributed by atoms with Crippen LogP contribution in [-0.2, 0) is 4.74 Å². The van der Waals surface area contributed by atoms with Gasteiger partial charge in [-0.05, 0) is 29.5 Å². The van der Waals surface area contributed by atoms with Crippen LogP contribution in [0.2, 0.25) is 0 Å². The predicted molar refractivity (Wildman–Crippen MR) is 68.1 cm³/mol.